The highest BCUT2D eigenvalue weighted by molar-refractivity contribution is 5.99. The van der Waals surface area contributed by atoms with Crippen LogP contribution in [0.1, 0.15) is 36.8 Å². The van der Waals surface area contributed by atoms with Gasteiger partial charge in [0.2, 0.25) is 11.8 Å². The van der Waals surface area contributed by atoms with Crippen molar-refractivity contribution in [2.75, 3.05) is 23.7 Å². The van der Waals surface area contributed by atoms with Crippen LogP contribution in [0.2, 0.25) is 0 Å². The molecule has 2 aliphatic heterocycles. The van der Waals surface area contributed by atoms with E-state index in [-0.39, 0.29) is 25.0 Å². The number of nitrogens with one attached hydrogen (secondary N) is 3. The lowest BCUT2D eigenvalue weighted by atomic mass is 10.1. The van der Waals surface area contributed by atoms with Crippen LogP contribution in [0.25, 0.3) is 22.2 Å². The summed E-state index contributed by atoms with van der Waals surface area (Å²) in [5.74, 6) is -0.497. The zero-order valence-corrected chi connectivity index (χ0v) is 28.0. The van der Waals surface area contributed by atoms with Crippen LogP contribution in [0.4, 0.5) is 21.0 Å². The summed E-state index contributed by atoms with van der Waals surface area (Å²) in [6.07, 6.45) is 1.61. The first-order valence-corrected chi connectivity index (χ1v) is 17.2. The van der Waals surface area contributed by atoms with E-state index in [0.29, 0.717) is 37.3 Å². The number of fused-ring (bicyclic) bond motifs is 1. The van der Waals surface area contributed by atoms with Crippen molar-refractivity contribution in [1.82, 2.24) is 14.8 Å². The van der Waals surface area contributed by atoms with Gasteiger partial charge in [-0.2, -0.15) is 0 Å². The summed E-state index contributed by atoms with van der Waals surface area (Å²) in [6, 6.07) is 32.8. The topological polar surface area (TPSA) is 133 Å². The SMILES string of the molecule is O=C(Nc1ccc(-c2cc3cc(NC(=O)[C@@H]4CCCN4C(=O)OCc4ccccc4)ccc3[nH]2)cc1)[C@@H]1CCCN1C(=O)OCc1ccccc1. The van der Waals surface area contributed by atoms with Crippen molar-refractivity contribution in [3.05, 3.63) is 120 Å². The van der Waals surface area contributed by atoms with E-state index in [0.717, 1.165) is 46.1 Å². The highest BCUT2D eigenvalue weighted by Gasteiger charge is 2.36. The fraction of sp³-hybridized carbons (Fsp3) is 0.250. The second kappa shape index (κ2) is 15.2. The zero-order chi connectivity index (χ0) is 35.2. The van der Waals surface area contributed by atoms with Crippen LogP contribution in [0.5, 0.6) is 0 Å². The average Bonchev–Trinajstić information content (AvgIpc) is 3.94. The Labute approximate surface area is 295 Å². The number of nitrogens with zero attached hydrogens (tertiary/aromatic N) is 2. The Kier molecular flexibility index (Phi) is 9.96. The van der Waals surface area contributed by atoms with Gasteiger partial charge in [0.05, 0.1) is 0 Å². The molecule has 0 bridgehead atoms. The van der Waals surface area contributed by atoms with E-state index in [1.54, 1.807) is 0 Å². The third-order valence-corrected chi connectivity index (χ3v) is 9.34. The summed E-state index contributed by atoms with van der Waals surface area (Å²) in [6.45, 7) is 1.25. The minimum absolute atomic E-state index is 0.154. The molecule has 11 nitrogen and oxygen atoms in total. The summed E-state index contributed by atoms with van der Waals surface area (Å²) in [5, 5.41) is 6.84. The Balaban J connectivity index is 0.939. The second-order valence-electron chi connectivity index (χ2n) is 12.8. The van der Waals surface area contributed by atoms with E-state index in [9.17, 15) is 19.2 Å². The maximum absolute atomic E-state index is 13.3. The van der Waals surface area contributed by atoms with Crippen LogP contribution >= 0.6 is 0 Å². The number of aromatic nitrogens is 1. The largest absolute Gasteiger partial charge is 0.445 e. The predicted octanol–water partition coefficient (Wildman–Crippen LogP) is 7.31. The molecule has 0 radical (unpaired) electrons. The molecule has 51 heavy (non-hydrogen) atoms. The zero-order valence-electron chi connectivity index (χ0n) is 28.0. The number of H-pyrrole nitrogens is 1. The highest BCUT2D eigenvalue weighted by atomic mass is 16.6. The first kappa shape index (κ1) is 33.4. The van der Waals surface area contributed by atoms with Gasteiger partial charge in [-0.1, -0.05) is 72.8 Å². The molecule has 3 N–H and O–H groups in total. The Morgan fingerprint density at radius 1 is 0.627 bits per heavy atom. The third-order valence-electron chi connectivity index (χ3n) is 9.34. The molecule has 5 aromatic rings. The minimum atomic E-state index is -0.602. The van der Waals surface area contributed by atoms with Gasteiger partial charge in [-0.15, -0.1) is 0 Å². The van der Waals surface area contributed by atoms with E-state index in [1.807, 2.05) is 109 Å². The number of carbonyl (C=O) groups excluding carboxylic acids is 4. The molecule has 2 atom stereocenters. The van der Waals surface area contributed by atoms with Crippen LogP contribution in [-0.4, -0.2) is 64.0 Å². The number of carbonyl (C=O) groups is 4. The molecule has 2 aliphatic rings. The molecule has 2 saturated heterocycles. The maximum atomic E-state index is 13.3. The predicted molar refractivity (Wildman–Crippen MR) is 194 cm³/mol. The lowest BCUT2D eigenvalue weighted by Gasteiger charge is -2.23. The van der Waals surface area contributed by atoms with Gasteiger partial charge in [-0.3, -0.25) is 19.4 Å². The Morgan fingerprint density at radius 3 is 1.69 bits per heavy atom. The number of aromatic amines is 1. The molecule has 0 aliphatic carbocycles. The Hall–Kier alpha value is -6.10. The maximum Gasteiger partial charge on any atom is 0.410 e. The van der Waals surface area contributed by atoms with Gasteiger partial charge in [0.25, 0.3) is 0 Å². The number of amides is 4. The van der Waals surface area contributed by atoms with Crippen molar-refractivity contribution in [1.29, 1.82) is 0 Å². The standard InChI is InChI=1S/C40H39N5O6/c46-37(35-13-7-21-44(35)39(48)50-25-27-9-3-1-4-10-27)41-31-17-15-29(16-18-31)34-24-30-23-32(19-20-33(30)43-34)42-38(47)36-14-8-22-45(36)40(49)51-26-28-11-5-2-6-12-28/h1-6,9-12,15-20,23-24,35-36,43H,7-8,13-14,21-22,25-26H2,(H,41,46)(H,42,47)/t35-,36-/m0/s1. The van der Waals surface area contributed by atoms with Crippen molar-refractivity contribution in [2.24, 2.45) is 0 Å². The second-order valence-corrected chi connectivity index (χ2v) is 12.8. The first-order chi connectivity index (χ1) is 24.9. The molecule has 4 amide bonds. The van der Waals surface area contributed by atoms with Gasteiger partial charge in [-0.05, 0) is 78.8 Å². The average molecular weight is 686 g/mol. The van der Waals surface area contributed by atoms with Crippen LogP contribution in [0.15, 0.2) is 109 Å². The van der Waals surface area contributed by atoms with Gasteiger partial charge in [-0.25, -0.2) is 9.59 Å². The molecular formula is C40H39N5O6. The van der Waals surface area contributed by atoms with Crippen LogP contribution in [-0.2, 0) is 32.3 Å². The van der Waals surface area contributed by atoms with Gasteiger partial charge >= 0.3 is 12.2 Å². The number of rotatable bonds is 9. The van der Waals surface area contributed by atoms with Crippen molar-refractivity contribution < 1.29 is 28.7 Å². The Bertz CT molecular complexity index is 2010. The number of hydrogen-bond acceptors (Lipinski definition) is 6. The number of likely N-dealkylation sites (tertiary alicyclic amines) is 2. The van der Waals surface area contributed by atoms with Crippen molar-refractivity contribution >= 4 is 46.3 Å². The number of benzene rings is 4. The van der Waals surface area contributed by atoms with Crippen molar-refractivity contribution in [2.45, 2.75) is 51.0 Å². The molecule has 7 rings (SSSR count). The van der Waals surface area contributed by atoms with Gasteiger partial charge < -0.3 is 25.1 Å². The van der Waals surface area contributed by atoms with E-state index in [1.165, 1.54) is 9.80 Å². The first-order valence-electron chi connectivity index (χ1n) is 17.2. The highest BCUT2D eigenvalue weighted by Crippen LogP contribution is 2.29. The van der Waals surface area contributed by atoms with E-state index < -0.39 is 24.3 Å². The van der Waals surface area contributed by atoms with E-state index >= 15 is 0 Å². The molecular weight excluding hydrogens is 646 g/mol. The lowest BCUT2D eigenvalue weighted by molar-refractivity contribution is -0.120. The van der Waals surface area contributed by atoms with Crippen LogP contribution in [0.3, 0.4) is 0 Å². The number of hydrogen-bond donors (Lipinski definition) is 3. The van der Waals surface area contributed by atoms with E-state index in [4.69, 9.17) is 9.47 Å². The normalized spacial score (nSPS) is 16.9. The quantitative estimate of drug-likeness (QED) is 0.149. The third kappa shape index (κ3) is 7.88. The smallest absolute Gasteiger partial charge is 0.410 e. The molecule has 11 heteroatoms. The summed E-state index contributed by atoms with van der Waals surface area (Å²) in [7, 11) is 0. The summed E-state index contributed by atoms with van der Waals surface area (Å²) in [4.78, 5) is 58.5. The number of anilines is 2. The fourth-order valence-electron chi connectivity index (χ4n) is 6.67. The molecule has 260 valence electrons. The minimum Gasteiger partial charge on any atom is -0.445 e. The monoisotopic (exact) mass is 685 g/mol. The Morgan fingerprint density at radius 2 is 1.14 bits per heavy atom. The molecule has 1 aromatic heterocycles. The molecule has 4 aromatic carbocycles. The van der Waals surface area contributed by atoms with Crippen LogP contribution < -0.4 is 10.6 Å². The van der Waals surface area contributed by atoms with Gasteiger partial charge in [0.1, 0.15) is 25.3 Å². The van der Waals surface area contributed by atoms with E-state index in [2.05, 4.69) is 15.6 Å². The molecule has 0 saturated carbocycles. The summed E-state index contributed by atoms with van der Waals surface area (Å²) < 4.78 is 11.0. The van der Waals surface area contributed by atoms with Crippen molar-refractivity contribution in [3.63, 3.8) is 0 Å². The molecule has 3 heterocycles. The van der Waals surface area contributed by atoms with Crippen LogP contribution in [0, 0.1) is 0 Å². The molecule has 0 unspecified atom stereocenters. The summed E-state index contributed by atoms with van der Waals surface area (Å²) >= 11 is 0. The van der Waals surface area contributed by atoms with Gasteiger partial charge in [0.15, 0.2) is 0 Å². The fourth-order valence-corrected chi connectivity index (χ4v) is 6.67. The van der Waals surface area contributed by atoms with Crippen molar-refractivity contribution in [3.8, 4) is 11.3 Å². The molecule has 0 spiro atoms. The summed E-state index contributed by atoms with van der Waals surface area (Å²) in [5.41, 5.74) is 5.71. The number of ether oxygens (including phenoxy) is 2. The molecule has 2 fully saturated rings. The van der Waals surface area contributed by atoms with Gasteiger partial charge in [0, 0.05) is 41.1 Å². The lowest BCUT2D eigenvalue weighted by Crippen LogP contribution is -2.43.